The van der Waals surface area contributed by atoms with Gasteiger partial charge >= 0.3 is 0 Å². The van der Waals surface area contributed by atoms with Crippen LogP contribution >= 0.6 is 0 Å². The summed E-state index contributed by atoms with van der Waals surface area (Å²) in [5.41, 5.74) is 0. The largest absolute Gasteiger partial charge is 0.324 e. The Balaban J connectivity index is 4.94. The number of hydrogen-bond acceptors (Lipinski definition) is 3. The average Bonchev–Trinajstić information content (AvgIpc) is 2.44. The molecule has 0 N–H and O–H groups in total. The smallest absolute Gasteiger partial charge is 0.286 e. The van der Waals surface area contributed by atoms with Gasteiger partial charge in [-0.05, 0) is 54.4 Å². The quantitative estimate of drug-likeness (QED) is 0.244. The Labute approximate surface area is 151 Å². The highest BCUT2D eigenvalue weighted by atomic mass is 16.9. The molecule has 0 rings (SSSR count). The number of rotatable bonds is 15. The van der Waals surface area contributed by atoms with Gasteiger partial charge in [0.05, 0.1) is 18.3 Å². The van der Waals surface area contributed by atoms with Crippen LogP contribution in [-0.2, 0) is 14.2 Å². The number of hydrogen-bond donors (Lipinski definition) is 0. The van der Waals surface area contributed by atoms with Crippen LogP contribution in [0.4, 0.5) is 0 Å². The van der Waals surface area contributed by atoms with E-state index in [0.717, 1.165) is 12.8 Å². The van der Waals surface area contributed by atoms with Crippen molar-refractivity contribution in [2.45, 2.75) is 131 Å². The van der Waals surface area contributed by atoms with E-state index in [4.69, 9.17) is 14.2 Å². The predicted octanol–water partition coefficient (Wildman–Crippen LogP) is 6.69. The van der Waals surface area contributed by atoms with Crippen LogP contribution in [0.2, 0.25) is 0 Å². The van der Waals surface area contributed by atoms with Crippen molar-refractivity contribution in [1.29, 1.82) is 0 Å². The molecule has 1 atom stereocenters. The van der Waals surface area contributed by atoms with Gasteiger partial charge in [0, 0.05) is 5.92 Å². The monoisotopic (exact) mass is 344 g/mol. The lowest BCUT2D eigenvalue weighted by atomic mass is 9.94. The molecule has 1 unspecified atom stereocenters. The van der Waals surface area contributed by atoms with E-state index in [1.165, 1.54) is 38.5 Å². The van der Waals surface area contributed by atoms with Gasteiger partial charge in [-0.2, -0.15) is 0 Å². The van der Waals surface area contributed by atoms with Crippen LogP contribution in [0.5, 0.6) is 0 Å². The molecular weight excluding hydrogens is 300 g/mol. The second kappa shape index (κ2) is 13.1. The zero-order chi connectivity index (χ0) is 18.6. The van der Waals surface area contributed by atoms with Crippen molar-refractivity contribution in [1.82, 2.24) is 0 Å². The first-order chi connectivity index (χ1) is 11.3. The van der Waals surface area contributed by atoms with Crippen LogP contribution in [-0.4, -0.2) is 24.3 Å². The molecule has 0 aliphatic carbocycles. The standard InChI is InChI=1S/C21H44O3/c1-9-11-12-13-14-15-16-20(10-2)21(22-17(3)4,23-18(5)6)24-19(7)8/h17-20H,9-16H2,1-8H3. The Kier molecular flexibility index (Phi) is 13.1. The lowest BCUT2D eigenvalue weighted by Gasteiger charge is -2.43. The molecule has 0 aliphatic rings. The Morgan fingerprint density at radius 3 is 1.42 bits per heavy atom. The van der Waals surface area contributed by atoms with Gasteiger partial charge in [0.1, 0.15) is 0 Å². The Morgan fingerprint density at radius 1 is 0.625 bits per heavy atom. The maximum Gasteiger partial charge on any atom is 0.286 e. The first-order valence-electron chi connectivity index (χ1n) is 10.3. The van der Waals surface area contributed by atoms with Crippen molar-refractivity contribution >= 4 is 0 Å². The Hall–Kier alpha value is -0.120. The summed E-state index contributed by atoms with van der Waals surface area (Å²) in [6, 6.07) is 0. The minimum absolute atomic E-state index is 0.0705. The van der Waals surface area contributed by atoms with E-state index in [0.29, 0.717) is 0 Å². The van der Waals surface area contributed by atoms with Gasteiger partial charge in [-0.25, -0.2) is 0 Å². The van der Waals surface area contributed by atoms with Crippen LogP contribution in [0, 0.1) is 5.92 Å². The number of unbranched alkanes of at least 4 members (excludes halogenated alkanes) is 5. The van der Waals surface area contributed by atoms with E-state index in [2.05, 4.69) is 55.4 Å². The van der Waals surface area contributed by atoms with E-state index in [9.17, 15) is 0 Å². The van der Waals surface area contributed by atoms with Crippen molar-refractivity contribution in [2.75, 3.05) is 0 Å². The lowest BCUT2D eigenvalue weighted by molar-refractivity contribution is -0.432. The van der Waals surface area contributed by atoms with Crippen molar-refractivity contribution in [3.05, 3.63) is 0 Å². The van der Waals surface area contributed by atoms with E-state index >= 15 is 0 Å². The minimum Gasteiger partial charge on any atom is -0.324 e. The summed E-state index contributed by atoms with van der Waals surface area (Å²) in [6.45, 7) is 16.8. The summed E-state index contributed by atoms with van der Waals surface area (Å²) in [5.74, 6) is -0.662. The summed E-state index contributed by atoms with van der Waals surface area (Å²) in [5, 5.41) is 0. The van der Waals surface area contributed by atoms with Gasteiger partial charge < -0.3 is 14.2 Å². The molecule has 3 nitrogen and oxygen atoms in total. The van der Waals surface area contributed by atoms with Crippen LogP contribution in [0.3, 0.4) is 0 Å². The van der Waals surface area contributed by atoms with Gasteiger partial charge in [0.25, 0.3) is 5.97 Å². The SMILES string of the molecule is CCCCCCCCC(CC)C(OC(C)C)(OC(C)C)OC(C)C. The molecule has 0 aromatic rings. The first kappa shape index (κ1) is 23.9. The highest BCUT2D eigenvalue weighted by Gasteiger charge is 2.44. The molecule has 0 bridgehead atoms. The molecule has 3 heteroatoms. The first-order valence-corrected chi connectivity index (χ1v) is 10.3. The fourth-order valence-corrected chi connectivity index (χ4v) is 3.16. The summed E-state index contributed by atoms with van der Waals surface area (Å²) in [7, 11) is 0. The van der Waals surface area contributed by atoms with Crippen LogP contribution in [0.25, 0.3) is 0 Å². The molecule has 0 saturated carbocycles. The molecule has 0 saturated heterocycles. The molecule has 0 spiro atoms. The molecule has 0 aromatic heterocycles. The van der Waals surface area contributed by atoms with Crippen molar-refractivity contribution < 1.29 is 14.2 Å². The maximum absolute atomic E-state index is 6.26. The van der Waals surface area contributed by atoms with Crippen molar-refractivity contribution in [2.24, 2.45) is 5.92 Å². The normalized spacial score (nSPS) is 14.1. The van der Waals surface area contributed by atoms with Gasteiger partial charge in [0.15, 0.2) is 0 Å². The van der Waals surface area contributed by atoms with Gasteiger partial charge in [0.2, 0.25) is 0 Å². The summed E-state index contributed by atoms with van der Waals surface area (Å²) >= 11 is 0. The van der Waals surface area contributed by atoms with Crippen LogP contribution < -0.4 is 0 Å². The third-order valence-electron chi connectivity index (χ3n) is 4.10. The summed E-state index contributed by atoms with van der Waals surface area (Å²) < 4.78 is 18.8. The maximum atomic E-state index is 6.26. The second-order valence-corrected chi connectivity index (χ2v) is 7.76. The minimum atomic E-state index is -0.922. The van der Waals surface area contributed by atoms with Crippen LogP contribution in [0.1, 0.15) is 107 Å². The predicted molar refractivity (Wildman–Crippen MR) is 103 cm³/mol. The summed E-state index contributed by atoms with van der Waals surface area (Å²) in [4.78, 5) is 0. The van der Waals surface area contributed by atoms with E-state index in [1.807, 2.05) is 0 Å². The molecule has 0 fully saturated rings. The average molecular weight is 345 g/mol. The zero-order valence-electron chi connectivity index (χ0n) is 17.7. The molecule has 0 aromatic carbocycles. The topological polar surface area (TPSA) is 27.7 Å². The second-order valence-electron chi connectivity index (χ2n) is 7.76. The molecule has 0 aliphatic heterocycles. The van der Waals surface area contributed by atoms with E-state index in [-0.39, 0.29) is 24.2 Å². The fourth-order valence-electron chi connectivity index (χ4n) is 3.16. The van der Waals surface area contributed by atoms with Gasteiger partial charge in [-0.1, -0.05) is 52.4 Å². The molecule has 0 amide bonds. The van der Waals surface area contributed by atoms with Gasteiger partial charge in [-0.15, -0.1) is 0 Å². The lowest BCUT2D eigenvalue weighted by Crippen LogP contribution is -2.50. The molecule has 24 heavy (non-hydrogen) atoms. The molecule has 146 valence electrons. The van der Waals surface area contributed by atoms with Crippen molar-refractivity contribution in [3.8, 4) is 0 Å². The Morgan fingerprint density at radius 2 is 1.04 bits per heavy atom. The molecular formula is C21H44O3. The van der Waals surface area contributed by atoms with Gasteiger partial charge in [-0.3, -0.25) is 0 Å². The highest BCUT2D eigenvalue weighted by Crippen LogP contribution is 2.36. The molecule has 0 heterocycles. The number of ether oxygens (including phenoxy) is 3. The summed E-state index contributed by atoms with van der Waals surface area (Å²) in [6.07, 6.45) is 10.1. The fraction of sp³-hybridized carbons (Fsp3) is 1.00. The molecule has 0 radical (unpaired) electrons. The van der Waals surface area contributed by atoms with Crippen LogP contribution in [0.15, 0.2) is 0 Å². The van der Waals surface area contributed by atoms with E-state index in [1.54, 1.807) is 0 Å². The highest BCUT2D eigenvalue weighted by molar-refractivity contribution is 4.74. The zero-order valence-corrected chi connectivity index (χ0v) is 17.7. The third kappa shape index (κ3) is 10.0. The Bertz CT molecular complexity index is 260. The van der Waals surface area contributed by atoms with E-state index < -0.39 is 5.97 Å². The third-order valence-corrected chi connectivity index (χ3v) is 4.10. The van der Waals surface area contributed by atoms with Crippen molar-refractivity contribution in [3.63, 3.8) is 0 Å².